The van der Waals surface area contributed by atoms with E-state index in [1.165, 1.54) is 46.3 Å². The van der Waals surface area contributed by atoms with Gasteiger partial charge in [-0.15, -0.1) is 0 Å². The summed E-state index contributed by atoms with van der Waals surface area (Å²) in [6.07, 6.45) is 13.4. The Kier molecular flexibility index (Phi) is 8.47. The minimum absolute atomic E-state index is 0.0314. The number of nitrogens with zero attached hydrogens (tertiary/aromatic N) is 5. The first-order valence-electron chi connectivity index (χ1n) is 16.9. The normalized spacial score (nSPS) is 16.6. The molecular formula is C40H49N5+2. The molecule has 0 spiro atoms. The van der Waals surface area contributed by atoms with Crippen molar-refractivity contribution in [1.82, 2.24) is 14.8 Å². The highest BCUT2D eigenvalue weighted by molar-refractivity contribution is 5.92. The quantitative estimate of drug-likeness (QED) is 0.159. The van der Waals surface area contributed by atoms with Crippen LogP contribution in [0.2, 0.25) is 0 Å². The summed E-state index contributed by atoms with van der Waals surface area (Å²) in [7, 11) is 2.07. The second kappa shape index (κ2) is 12.3. The molecule has 0 bridgehead atoms. The predicted molar refractivity (Wildman–Crippen MR) is 185 cm³/mol. The van der Waals surface area contributed by atoms with Crippen LogP contribution in [0.25, 0.3) is 39.2 Å². The summed E-state index contributed by atoms with van der Waals surface area (Å²) in [5.74, 6) is 0. The van der Waals surface area contributed by atoms with Gasteiger partial charge in [-0.25, -0.2) is 4.57 Å². The molecular weight excluding hydrogens is 550 g/mol. The molecule has 5 nitrogen and oxygen atoms in total. The van der Waals surface area contributed by atoms with Crippen molar-refractivity contribution in [2.24, 2.45) is 7.05 Å². The maximum atomic E-state index is 5.06. The standard InChI is InChI=1S/C40H49N5/c1-8-11-17-29-22-23-31-33(25-29)41-28-44-27-40(10-3,32-19-14-13-18-30(32)38(31)44)37(21-12-9-2)45-24-16-15-20-34(45)35-26-36(39(4,5)6)42-43(35)7/h13-16,18-26,28H,8-12,17,27H2,1-7H3/q+2. The average Bonchev–Trinajstić information content (AvgIpc) is 3.45. The Morgan fingerprint density at radius 3 is 2.51 bits per heavy atom. The molecule has 0 saturated heterocycles. The van der Waals surface area contributed by atoms with Crippen LogP contribution in [0.4, 0.5) is 0 Å². The van der Waals surface area contributed by atoms with E-state index in [2.05, 4.69) is 143 Å². The van der Waals surface area contributed by atoms with Gasteiger partial charge in [-0.1, -0.05) is 84.7 Å². The van der Waals surface area contributed by atoms with E-state index < -0.39 is 0 Å². The average molecular weight is 600 g/mol. The predicted octanol–water partition coefficient (Wildman–Crippen LogP) is 8.52. The molecule has 1 atom stereocenters. The van der Waals surface area contributed by atoms with Crippen molar-refractivity contribution in [1.29, 1.82) is 0 Å². The van der Waals surface area contributed by atoms with Crippen LogP contribution in [0.5, 0.6) is 0 Å². The van der Waals surface area contributed by atoms with Gasteiger partial charge in [-0.2, -0.15) is 9.67 Å². The number of allylic oxidation sites excluding steroid dienone is 2. The van der Waals surface area contributed by atoms with E-state index in [4.69, 9.17) is 10.1 Å². The van der Waals surface area contributed by atoms with Crippen LogP contribution in [-0.4, -0.2) is 14.8 Å². The number of rotatable bonds is 9. The lowest BCUT2D eigenvalue weighted by molar-refractivity contribution is -0.701. The Labute approximate surface area is 269 Å². The van der Waals surface area contributed by atoms with Crippen molar-refractivity contribution in [2.75, 3.05) is 0 Å². The van der Waals surface area contributed by atoms with Crippen molar-refractivity contribution in [3.05, 3.63) is 102 Å². The topological polar surface area (TPSA) is 38.5 Å². The van der Waals surface area contributed by atoms with Gasteiger partial charge < -0.3 is 0 Å². The molecule has 6 rings (SSSR count). The summed E-state index contributed by atoms with van der Waals surface area (Å²) >= 11 is 0. The van der Waals surface area contributed by atoms with Crippen LogP contribution in [-0.2, 0) is 30.8 Å². The fourth-order valence-corrected chi connectivity index (χ4v) is 7.11. The molecule has 5 aromatic rings. The number of hydrogen-bond donors (Lipinski definition) is 0. The number of fused-ring (bicyclic) bond motifs is 5. The van der Waals surface area contributed by atoms with Crippen LogP contribution < -0.4 is 9.13 Å². The molecule has 0 fully saturated rings. The lowest BCUT2D eigenvalue weighted by atomic mass is 9.69. The first-order valence-corrected chi connectivity index (χ1v) is 16.9. The van der Waals surface area contributed by atoms with E-state index in [1.807, 2.05) is 4.68 Å². The molecule has 5 heteroatoms. The molecule has 0 N–H and O–H groups in total. The lowest BCUT2D eigenvalue weighted by Crippen LogP contribution is -2.56. The fraction of sp³-hybridized carbons (Fsp3) is 0.400. The van der Waals surface area contributed by atoms with Gasteiger partial charge in [0.25, 0.3) is 6.33 Å². The maximum absolute atomic E-state index is 5.06. The number of aryl methyl sites for hydroxylation is 2. The minimum Gasteiger partial charge on any atom is -0.262 e. The highest BCUT2D eigenvalue weighted by Gasteiger charge is 2.49. The minimum atomic E-state index is -0.258. The maximum Gasteiger partial charge on any atom is 0.287 e. The van der Waals surface area contributed by atoms with Gasteiger partial charge in [-0.3, -0.25) is 4.68 Å². The fourth-order valence-electron chi connectivity index (χ4n) is 7.11. The number of aromatic nitrogens is 5. The van der Waals surface area contributed by atoms with Crippen LogP contribution >= 0.6 is 0 Å². The van der Waals surface area contributed by atoms with Crippen molar-refractivity contribution in [2.45, 2.75) is 97.4 Å². The molecule has 1 aliphatic rings. The van der Waals surface area contributed by atoms with E-state index in [1.54, 1.807) is 0 Å². The van der Waals surface area contributed by atoms with Gasteiger partial charge in [0.15, 0.2) is 17.4 Å². The number of benzene rings is 2. The van der Waals surface area contributed by atoms with Crippen molar-refractivity contribution >= 4 is 16.6 Å². The summed E-state index contributed by atoms with van der Waals surface area (Å²) in [6, 6.07) is 24.8. The molecule has 0 aliphatic carbocycles. The van der Waals surface area contributed by atoms with Crippen molar-refractivity contribution in [3.63, 3.8) is 0 Å². The first kappa shape index (κ1) is 30.9. The number of hydrogen-bond acceptors (Lipinski definition) is 2. The zero-order valence-corrected chi connectivity index (χ0v) is 28.3. The van der Waals surface area contributed by atoms with E-state index >= 15 is 0 Å². The third-order valence-electron chi connectivity index (χ3n) is 9.65. The second-order valence-electron chi connectivity index (χ2n) is 13.8. The van der Waals surface area contributed by atoms with Gasteiger partial charge in [-0.05, 0) is 72.1 Å². The molecule has 0 saturated carbocycles. The third kappa shape index (κ3) is 5.51. The summed E-state index contributed by atoms with van der Waals surface area (Å²) in [5, 5.41) is 6.19. The Morgan fingerprint density at radius 1 is 0.978 bits per heavy atom. The highest BCUT2D eigenvalue weighted by Crippen LogP contribution is 2.46. The smallest absolute Gasteiger partial charge is 0.262 e. The molecule has 45 heavy (non-hydrogen) atoms. The summed E-state index contributed by atoms with van der Waals surface area (Å²) < 4.78 is 6.91. The lowest BCUT2D eigenvalue weighted by Gasteiger charge is -2.36. The Balaban J connectivity index is 1.56. The summed E-state index contributed by atoms with van der Waals surface area (Å²) in [5.41, 5.74) is 10.8. The third-order valence-corrected chi connectivity index (χ3v) is 9.65. The summed E-state index contributed by atoms with van der Waals surface area (Å²) in [4.78, 5) is 5.06. The number of pyridine rings is 1. The van der Waals surface area contributed by atoms with Crippen LogP contribution in [0.15, 0.2) is 85.3 Å². The second-order valence-corrected chi connectivity index (χ2v) is 13.8. The number of unbranched alkanes of at least 4 members (excludes halogenated alkanes) is 2. The highest BCUT2D eigenvalue weighted by atomic mass is 15.3. The van der Waals surface area contributed by atoms with Crippen molar-refractivity contribution in [3.8, 4) is 22.6 Å². The van der Waals surface area contributed by atoms with Crippen LogP contribution in [0, 0.1) is 0 Å². The van der Waals surface area contributed by atoms with Crippen LogP contribution in [0.1, 0.15) is 90.5 Å². The van der Waals surface area contributed by atoms with Crippen molar-refractivity contribution < 1.29 is 9.13 Å². The van der Waals surface area contributed by atoms with Crippen LogP contribution in [0.3, 0.4) is 0 Å². The Morgan fingerprint density at radius 2 is 1.78 bits per heavy atom. The SMILES string of the molecule is CCCC=C([n+]1ccccc1-c1cc(C(C)(C)C)nn1C)C1(CC)C[n+]2cnc3cc(CCCC)ccc3c2-c2ccccc21. The molecule has 1 aliphatic heterocycles. The zero-order valence-electron chi connectivity index (χ0n) is 28.3. The molecule has 3 aromatic heterocycles. The Bertz CT molecular complexity index is 1870. The molecule has 2 aromatic carbocycles. The van der Waals surface area contributed by atoms with Gasteiger partial charge in [0, 0.05) is 30.2 Å². The van der Waals surface area contributed by atoms with E-state index in [-0.39, 0.29) is 10.8 Å². The zero-order chi connectivity index (χ0) is 31.8. The molecule has 0 radical (unpaired) electrons. The molecule has 0 amide bonds. The van der Waals surface area contributed by atoms with Gasteiger partial charge >= 0.3 is 0 Å². The van der Waals surface area contributed by atoms with Gasteiger partial charge in [0.1, 0.15) is 23.3 Å². The van der Waals surface area contributed by atoms with Gasteiger partial charge in [0.05, 0.1) is 11.1 Å². The van der Waals surface area contributed by atoms with E-state index in [9.17, 15) is 0 Å². The Hall–Kier alpha value is -4.12. The molecule has 232 valence electrons. The monoisotopic (exact) mass is 599 g/mol. The van der Waals surface area contributed by atoms with Gasteiger partial charge in [0.2, 0.25) is 5.69 Å². The first-order chi connectivity index (χ1) is 21.7. The van der Waals surface area contributed by atoms with E-state index in [0.717, 1.165) is 54.8 Å². The van der Waals surface area contributed by atoms with E-state index in [0.29, 0.717) is 0 Å². The largest absolute Gasteiger partial charge is 0.287 e. The molecule has 1 unspecified atom stereocenters. The molecule has 4 heterocycles. The summed E-state index contributed by atoms with van der Waals surface area (Å²) in [6.45, 7) is 14.4.